The van der Waals surface area contributed by atoms with Crippen LogP contribution in [0.25, 0.3) is 105 Å². The topological polar surface area (TPSA) is 43.9 Å². The van der Waals surface area contributed by atoms with Crippen LogP contribution in [-0.4, -0.2) is 14.5 Å². The van der Waals surface area contributed by atoms with E-state index < -0.39 is 0 Å². The Morgan fingerprint density at radius 1 is 0.644 bits per heavy atom. The van der Waals surface area contributed by atoms with Gasteiger partial charge in [-0.25, -0.2) is 9.97 Å². The van der Waals surface area contributed by atoms with Crippen LogP contribution in [0, 0.1) is 0 Å². The highest BCUT2D eigenvalue weighted by Crippen LogP contribution is 2.47. The van der Waals surface area contributed by atoms with Crippen molar-refractivity contribution in [2.45, 2.75) is 39.5 Å². The summed E-state index contributed by atoms with van der Waals surface area (Å²) in [6, 6.07) is 41.5. The fraction of sp³-hybridized carbons (Fsp3) is 0.111. The molecule has 4 heterocycles. The van der Waals surface area contributed by atoms with Gasteiger partial charge in [0, 0.05) is 54.2 Å². The van der Waals surface area contributed by atoms with E-state index in [1.807, 2.05) is 11.3 Å². The number of thiophene rings is 1. The molecular weight excluding hydrogens is 739 g/mol. The number of unbranched alkanes of at least 4 members (excludes halogenated alkanes) is 1. The average Bonchev–Trinajstić information content (AvgIpc) is 3.78. The van der Waals surface area contributed by atoms with Gasteiger partial charge in [0.2, 0.25) is 5.95 Å². The zero-order valence-corrected chi connectivity index (χ0v) is 33.9. The van der Waals surface area contributed by atoms with Crippen molar-refractivity contribution in [2.24, 2.45) is 0 Å². The molecule has 0 bridgehead atoms. The number of fused-ring (bicyclic) bond motifs is 12. The summed E-state index contributed by atoms with van der Waals surface area (Å²) in [5, 5.41) is 8.01. The first kappa shape index (κ1) is 35.4. The molecule has 0 radical (unpaired) electrons. The van der Waals surface area contributed by atoms with Crippen LogP contribution >= 0.6 is 11.3 Å². The van der Waals surface area contributed by atoms with Crippen molar-refractivity contribution in [1.82, 2.24) is 14.5 Å². The number of rotatable bonds is 4. The van der Waals surface area contributed by atoms with Crippen molar-refractivity contribution in [3.63, 3.8) is 0 Å². The van der Waals surface area contributed by atoms with E-state index in [9.17, 15) is 0 Å². The maximum Gasteiger partial charge on any atom is 0.235 e. The molecule has 0 aliphatic heterocycles. The Hall–Kier alpha value is -6.82. The van der Waals surface area contributed by atoms with E-state index in [0.29, 0.717) is 5.95 Å². The van der Waals surface area contributed by atoms with Gasteiger partial charge >= 0.3 is 0 Å². The lowest BCUT2D eigenvalue weighted by Crippen LogP contribution is -2.04. The monoisotopic (exact) mass is 779 g/mol. The van der Waals surface area contributed by atoms with E-state index in [1.165, 1.54) is 49.7 Å². The van der Waals surface area contributed by atoms with Crippen LogP contribution < -0.4 is 0 Å². The van der Waals surface area contributed by atoms with Crippen LogP contribution in [0.4, 0.5) is 0 Å². The van der Waals surface area contributed by atoms with E-state index in [-0.39, 0.29) is 0 Å². The average molecular weight is 780 g/mol. The van der Waals surface area contributed by atoms with Crippen molar-refractivity contribution < 1.29 is 4.42 Å². The lowest BCUT2D eigenvalue weighted by atomic mass is 9.95. The van der Waals surface area contributed by atoms with E-state index in [0.717, 1.165) is 84.7 Å². The van der Waals surface area contributed by atoms with Crippen LogP contribution in [0.3, 0.4) is 0 Å². The number of para-hydroxylation sites is 2. The van der Waals surface area contributed by atoms with E-state index >= 15 is 0 Å². The van der Waals surface area contributed by atoms with Gasteiger partial charge in [-0.05, 0) is 70.8 Å². The lowest BCUT2D eigenvalue weighted by molar-refractivity contribution is 0.603. The summed E-state index contributed by atoms with van der Waals surface area (Å²) in [7, 11) is 0. The molecule has 0 atom stereocenters. The largest absolute Gasteiger partial charge is 0.456 e. The van der Waals surface area contributed by atoms with Gasteiger partial charge in [-0.2, -0.15) is 0 Å². The molecule has 0 unspecified atom stereocenters. The van der Waals surface area contributed by atoms with Gasteiger partial charge in [-0.1, -0.05) is 148 Å². The van der Waals surface area contributed by atoms with Gasteiger partial charge < -0.3 is 4.42 Å². The van der Waals surface area contributed by atoms with Crippen molar-refractivity contribution in [3.8, 4) is 28.3 Å². The summed E-state index contributed by atoms with van der Waals surface area (Å²) < 4.78 is 10.5. The first-order valence-electron chi connectivity index (χ1n) is 20.7. The smallest absolute Gasteiger partial charge is 0.235 e. The molecule has 2 aliphatic carbocycles. The quantitative estimate of drug-likeness (QED) is 0.179. The Morgan fingerprint density at radius 3 is 2.29 bits per heavy atom. The second kappa shape index (κ2) is 14.5. The fourth-order valence-electron chi connectivity index (χ4n) is 8.75. The fourth-order valence-corrected chi connectivity index (χ4v) is 9.90. The Morgan fingerprint density at radius 2 is 1.41 bits per heavy atom. The molecule has 2 aliphatic rings. The molecule has 12 rings (SSSR count). The molecule has 0 fully saturated rings. The third kappa shape index (κ3) is 5.87. The maximum absolute atomic E-state index is 6.89. The number of benzene rings is 6. The molecule has 284 valence electrons. The molecular formula is C54H41N3OS. The second-order valence-electron chi connectivity index (χ2n) is 15.4. The van der Waals surface area contributed by atoms with E-state index in [4.69, 9.17) is 14.4 Å². The molecule has 4 nitrogen and oxygen atoms in total. The first-order chi connectivity index (χ1) is 29.2. The zero-order valence-electron chi connectivity index (χ0n) is 33.1. The van der Waals surface area contributed by atoms with Crippen LogP contribution in [-0.2, 0) is 12.8 Å². The van der Waals surface area contributed by atoms with Crippen LogP contribution in [0.5, 0.6) is 0 Å². The van der Waals surface area contributed by atoms with Gasteiger partial charge in [-0.3, -0.25) is 4.57 Å². The molecule has 4 aromatic heterocycles. The highest BCUT2D eigenvalue weighted by molar-refractivity contribution is 7.19. The summed E-state index contributed by atoms with van der Waals surface area (Å²) in [6.45, 7) is 4.36. The van der Waals surface area contributed by atoms with Crippen molar-refractivity contribution in [2.75, 3.05) is 0 Å². The van der Waals surface area contributed by atoms with Crippen molar-refractivity contribution in [3.05, 3.63) is 173 Å². The van der Waals surface area contributed by atoms with E-state index in [2.05, 4.69) is 182 Å². The van der Waals surface area contributed by atoms with Crippen molar-refractivity contribution in [1.29, 1.82) is 0 Å². The summed E-state index contributed by atoms with van der Waals surface area (Å²) in [5.41, 5.74) is 10.6. The molecule has 0 N–H and O–H groups in total. The summed E-state index contributed by atoms with van der Waals surface area (Å²) in [4.78, 5) is 12.3. The normalized spacial score (nSPS) is 13.3. The van der Waals surface area contributed by atoms with Gasteiger partial charge in [0.25, 0.3) is 0 Å². The van der Waals surface area contributed by atoms with Gasteiger partial charge in [0.05, 0.1) is 27.6 Å². The van der Waals surface area contributed by atoms with Gasteiger partial charge in [0.1, 0.15) is 11.3 Å². The first-order valence-corrected chi connectivity index (χ1v) is 21.5. The molecule has 0 saturated heterocycles. The zero-order chi connectivity index (χ0) is 39.5. The third-order valence-electron chi connectivity index (χ3n) is 11.8. The predicted octanol–water partition coefficient (Wildman–Crippen LogP) is 15.2. The number of furan rings is 1. The van der Waals surface area contributed by atoms with Gasteiger partial charge in [0.15, 0.2) is 0 Å². The highest BCUT2D eigenvalue weighted by Gasteiger charge is 2.26. The van der Waals surface area contributed by atoms with Crippen LogP contribution in [0.1, 0.15) is 48.5 Å². The molecule has 0 amide bonds. The number of allylic oxidation sites excluding steroid dienone is 6. The Bertz CT molecular complexity index is 3420. The molecule has 10 aromatic rings. The third-order valence-corrected chi connectivity index (χ3v) is 13.0. The molecule has 5 heteroatoms. The summed E-state index contributed by atoms with van der Waals surface area (Å²) >= 11 is 1.89. The predicted molar refractivity (Wildman–Crippen MR) is 252 cm³/mol. The summed E-state index contributed by atoms with van der Waals surface area (Å²) in [6.07, 6.45) is 21.7. The number of aromatic nitrogens is 3. The maximum atomic E-state index is 6.89. The summed E-state index contributed by atoms with van der Waals surface area (Å²) in [5.74, 6) is 1.54. The number of hydrogen-bond donors (Lipinski definition) is 0. The Balaban J connectivity index is 0.000000952. The minimum Gasteiger partial charge on any atom is -0.456 e. The standard InChI is InChI=1S/C50H31N3OS.C4H10/c1-3-15-34-40-29-38(32-25-26-45-39(28-32)35-16-4-2-6-22-44(35)55-45)48-46(49(40)54-43(34)21-5-1)37-18-10-12-20-42(37)53(48)50-51-41-19-11-9-17-36(41)47(52-50)33-24-23-30-13-7-8-14-31(30)27-33;1-3-4-2/h1-14,16-21,23-29H,15,22H2;3-4H2,1-2H3. The molecule has 6 aromatic carbocycles. The minimum atomic E-state index is 0.629. The molecule has 0 spiro atoms. The highest BCUT2D eigenvalue weighted by atomic mass is 32.1. The van der Waals surface area contributed by atoms with Crippen LogP contribution in [0.15, 0.2) is 156 Å². The number of nitrogens with zero attached hydrogens (tertiary/aromatic N) is 3. The number of hydrogen-bond acceptors (Lipinski definition) is 4. The van der Waals surface area contributed by atoms with Gasteiger partial charge in [-0.15, -0.1) is 11.3 Å². The molecule has 59 heavy (non-hydrogen) atoms. The van der Waals surface area contributed by atoms with E-state index in [1.54, 1.807) is 0 Å². The van der Waals surface area contributed by atoms with Crippen LogP contribution in [0.2, 0.25) is 0 Å². The molecule has 0 saturated carbocycles. The minimum absolute atomic E-state index is 0.629. The SMILES string of the molecule is C1=CCc2sc3ccc(-c4cc5c6c(oc5c5c7ccccc7n(-c7nc(-c8ccc9ccccc9c8)c8ccccc8n7)c45)C=CC=CC6)cc3c2C=C1.CCCC. The Labute approximate surface area is 346 Å². The second-order valence-corrected chi connectivity index (χ2v) is 16.5. The Kier molecular flexibility index (Phi) is 8.71. The van der Waals surface area contributed by atoms with Crippen molar-refractivity contribution >= 4 is 88.0 Å². The lowest BCUT2D eigenvalue weighted by Gasteiger charge is -2.14.